The molecular weight excluding hydrogens is 362 g/mol. The number of hydrogen-bond donors (Lipinski definition) is 0. The molecule has 6 heteroatoms. The molecule has 0 aromatic heterocycles. The molecular formula is C17H16BrNO4. The van der Waals surface area contributed by atoms with E-state index in [2.05, 4.69) is 15.9 Å². The van der Waals surface area contributed by atoms with Gasteiger partial charge in [-0.3, -0.25) is 9.59 Å². The molecule has 2 saturated heterocycles. The van der Waals surface area contributed by atoms with Crippen molar-refractivity contribution in [3.05, 3.63) is 40.9 Å². The minimum Gasteiger partial charge on any atom is -0.466 e. The van der Waals surface area contributed by atoms with Crippen LogP contribution in [0.4, 0.5) is 5.69 Å². The summed E-state index contributed by atoms with van der Waals surface area (Å²) in [6.07, 6.45) is 3.46. The molecule has 4 rings (SSSR count). The number of esters is 1. The lowest BCUT2D eigenvalue weighted by Crippen LogP contribution is -2.40. The lowest BCUT2D eigenvalue weighted by atomic mass is 9.77. The highest BCUT2D eigenvalue weighted by molar-refractivity contribution is 9.10. The van der Waals surface area contributed by atoms with Crippen molar-refractivity contribution < 1.29 is 19.1 Å². The maximum absolute atomic E-state index is 13.0. The number of halogens is 1. The van der Waals surface area contributed by atoms with Crippen LogP contribution in [-0.2, 0) is 19.1 Å². The summed E-state index contributed by atoms with van der Waals surface area (Å²) in [6.45, 7) is 2.48. The van der Waals surface area contributed by atoms with E-state index >= 15 is 0 Å². The van der Waals surface area contributed by atoms with Gasteiger partial charge >= 0.3 is 5.97 Å². The summed E-state index contributed by atoms with van der Waals surface area (Å²) >= 11 is 3.49. The number of amides is 1. The standard InChI is InChI=1S/C17H16BrNO4/c1-2-22-16(21)13-12-7-8-17(23-12)9-19(15(20)14(13)17)11-6-4-3-5-10(11)18/h3-8,12-14H,2,9H2,1H3/t12-,13-,14-,17+/m1/s1. The zero-order valence-corrected chi connectivity index (χ0v) is 14.2. The second-order valence-electron chi connectivity index (χ2n) is 6.03. The molecule has 0 radical (unpaired) electrons. The van der Waals surface area contributed by atoms with Crippen molar-refractivity contribution in [2.45, 2.75) is 18.6 Å². The Morgan fingerprint density at radius 2 is 2.26 bits per heavy atom. The summed E-state index contributed by atoms with van der Waals surface area (Å²) in [5, 5.41) is 0. The second-order valence-corrected chi connectivity index (χ2v) is 6.88. The van der Waals surface area contributed by atoms with E-state index in [4.69, 9.17) is 9.47 Å². The Morgan fingerprint density at radius 1 is 1.48 bits per heavy atom. The summed E-state index contributed by atoms with van der Waals surface area (Å²) < 4.78 is 12.0. The van der Waals surface area contributed by atoms with Gasteiger partial charge in [0.25, 0.3) is 0 Å². The molecule has 120 valence electrons. The van der Waals surface area contributed by atoms with Crippen LogP contribution in [0.5, 0.6) is 0 Å². The van der Waals surface area contributed by atoms with E-state index in [9.17, 15) is 9.59 Å². The number of benzene rings is 1. The molecule has 3 aliphatic rings. The van der Waals surface area contributed by atoms with Gasteiger partial charge in [-0.25, -0.2) is 0 Å². The lowest BCUT2D eigenvalue weighted by Gasteiger charge is -2.22. The second kappa shape index (κ2) is 5.18. The highest BCUT2D eigenvalue weighted by Crippen LogP contribution is 2.53. The zero-order chi connectivity index (χ0) is 16.2. The van der Waals surface area contributed by atoms with Gasteiger partial charge in [0.1, 0.15) is 11.5 Å². The summed E-state index contributed by atoms with van der Waals surface area (Å²) in [5.41, 5.74) is 0.0818. The van der Waals surface area contributed by atoms with Crippen LogP contribution in [0.1, 0.15) is 6.92 Å². The van der Waals surface area contributed by atoms with Crippen molar-refractivity contribution in [2.75, 3.05) is 18.1 Å². The number of nitrogens with zero attached hydrogens (tertiary/aromatic N) is 1. The third kappa shape index (κ3) is 2.01. The molecule has 1 spiro atoms. The van der Waals surface area contributed by atoms with Crippen molar-refractivity contribution in [2.24, 2.45) is 11.8 Å². The third-order valence-corrected chi connectivity index (χ3v) is 5.47. The normalized spacial score (nSPS) is 34.1. The first-order valence-corrected chi connectivity index (χ1v) is 8.46. The van der Waals surface area contributed by atoms with Gasteiger partial charge in [0.05, 0.1) is 30.9 Å². The molecule has 0 unspecified atom stereocenters. The molecule has 1 amide bonds. The number of carbonyl (C=O) groups excluding carboxylic acids is 2. The summed E-state index contributed by atoms with van der Waals surface area (Å²) in [6, 6.07) is 7.56. The number of anilines is 1. The first-order chi connectivity index (χ1) is 11.1. The molecule has 0 N–H and O–H groups in total. The number of para-hydroxylation sites is 1. The largest absolute Gasteiger partial charge is 0.466 e. The van der Waals surface area contributed by atoms with Crippen molar-refractivity contribution in [3.8, 4) is 0 Å². The monoisotopic (exact) mass is 377 g/mol. The van der Waals surface area contributed by atoms with Crippen molar-refractivity contribution in [1.29, 1.82) is 0 Å². The number of ether oxygens (including phenoxy) is 2. The van der Waals surface area contributed by atoms with E-state index in [-0.39, 0.29) is 18.0 Å². The molecule has 2 fully saturated rings. The van der Waals surface area contributed by atoms with E-state index < -0.39 is 17.4 Å². The van der Waals surface area contributed by atoms with E-state index in [1.54, 1.807) is 11.8 Å². The van der Waals surface area contributed by atoms with Gasteiger partial charge in [-0.15, -0.1) is 0 Å². The summed E-state index contributed by atoms with van der Waals surface area (Å²) in [4.78, 5) is 27.0. The molecule has 0 aliphatic carbocycles. The Kier molecular flexibility index (Phi) is 3.35. The van der Waals surface area contributed by atoms with Gasteiger partial charge in [0, 0.05) is 4.47 Å². The van der Waals surface area contributed by atoms with Crippen LogP contribution in [0, 0.1) is 11.8 Å². The zero-order valence-electron chi connectivity index (χ0n) is 12.6. The minimum atomic E-state index is -0.714. The third-order valence-electron chi connectivity index (χ3n) is 4.80. The smallest absolute Gasteiger partial charge is 0.312 e. The fourth-order valence-corrected chi connectivity index (χ4v) is 4.38. The first kappa shape index (κ1) is 14.9. The quantitative estimate of drug-likeness (QED) is 0.598. The molecule has 4 atom stereocenters. The van der Waals surface area contributed by atoms with E-state index in [1.165, 1.54) is 0 Å². The molecule has 0 saturated carbocycles. The molecule has 5 nitrogen and oxygen atoms in total. The average Bonchev–Trinajstić information content (AvgIpc) is 3.16. The predicted molar refractivity (Wildman–Crippen MR) is 86.9 cm³/mol. The van der Waals surface area contributed by atoms with Crippen LogP contribution in [-0.4, -0.2) is 36.7 Å². The number of carbonyl (C=O) groups is 2. The highest BCUT2D eigenvalue weighted by Gasteiger charge is 2.67. The Balaban J connectivity index is 1.71. The lowest BCUT2D eigenvalue weighted by molar-refractivity contribution is -0.151. The topological polar surface area (TPSA) is 55.8 Å². The number of hydrogen-bond acceptors (Lipinski definition) is 4. The van der Waals surface area contributed by atoms with Crippen LogP contribution < -0.4 is 4.90 Å². The highest BCUT2D eigenvalue weighted by atomic mass is 79.9. The number of rotatable bonds is 3. The Bertz CT molecular complexity index is 718. The molecule has 3 aliphatic heterocycles. The maximum Gasteiger partial charge on any atom is 0.312 e. The fraction of sp³-hybridized carbons (Fsp3) is 0.412. The fourth-order valence-electron chi connectivity index (χ4n) is 3.88. The van der Waals surface area contributed by atoms with Gasteiger partial charge in [0.2, 0.25) is 5.91 Å². The minimum absolute atomic E-state index is 0.0817. The van der Waals surface area contributed by atoms with Gasteiger partial charge in [0.15, 0.2) is 0 Å². The first-order valence-electron chi connectivity index (χ1n) is 7.67. The predicted octanol–water partition coefficient (Wildman–Crippen LogP) is 2.30. The van der Waals surface area contributed by atoms with Crippen LogP contribution >= 0.6 is 15.9 Å². The Labute approximate surface area is 142 Å². The van der Waals surface area contributed by atoms with E-state index in [0.717, 1.165) is 10.2 Å². The SMILES string of the molecule is CCOC(=O)[C@@H]1[C@H]2C=C[C@@]3(CN(c4ccccc4Br)C(=O)[C@@H]13)O2. The van der Waals surface area contributed by atoms with Gasteiger partial charge in [-0.05, 0) is 35.0 Å². The van der Waals surface area contributed by atoms with Crippen LogP contribution in [0.25, 0.3) is 0 Å². The van der Waals surface area contributed by atoms with Crippen molar-refractivity contribution >= 4 is 33.5 Å². The van der Waals surface area contributed by atoms with Crippen LogP contribution in [0.3, 0.4) is 0 Å². The van der Waals surface area contributed by atoms with Gasteiger partial charge < -0.3 is 14.4 Å². The van der Waals surface area contributed by atoms with Gasteiger partial charge in [-0.2, -0.15) is 0 Å². The Morgan fingerprint density at radius 3 is 3.00 bits per heavy atom. The molecule has 1 aromatic rings. The maximum atomic E-state index is 13.0. The average molecular weight is 378 g/mol. The Hall–Kier alpha value is -1.66. The van der Waals surface area contributed by atoms with Crippen LogP contribution in [0.2, 0.25) is 0 Å². The summed E-state index contributed by atoms with van der Waals surface area (Å²) in [7, 11) is 0. The van der Waals surface area contributed by atoms with E-state index in [1.807, 2.05) is 36.4 Å². The van der Waals surface area contributed by atoms with Crippen molar-refractivity contribution in [1.82, 2.24) is 0 Å². The molecule has 23 heavy (non-hydrogen) atoms. The van der Waals surface area contributed by atoms with Gasteiger partial charge in [-0.1, -0.05) is 24.3 Å². The molecule has 3 heterocycles. The van der Waals surface area contributed by atoms with E-state index in [0.29, 0.717) is 13.2 Å². The number of fused-ring (bicyclic) bond motifs is 1. The summed E-state index contributed by atoms with van der Waals surface area (Å²) in [5.74, 6) is -1.50. The van der Waals surface area contributed by atoms with Crippen LogP contribution in [0.15, 0.2) is 40.9 Å². The molecule has 1 aromatic carbocycles. The molecule has 2 bridgehead atoms. The van der Waals surface area contributed by atoms with Crippen molar-refractivity contribution in [3.63, 3.8) is 0 Å².